The maximum Gasteiger partial charge on any atom is 0.225 e. The van der Waals surface area contributed by atoms with Crippen LogP contribution in [0.3, 0.4) is 0 Å². The molecule has 23 heavy (non-hydrogen) atoms. The normalized spacial score (nSPS) is 16.9. The third-order valence-corrected chi connectivity index (χ3v) is 4.84. The Bertz CT molecular complexity index is 708. The number of fused-ring (bicyclic) bond motifs is 1. The van der Waals surface area contributed by atoms with Gasteiger partial charge >= 0.3 is 0 Å². The number of benzene rings is 1. The molecule has 1 fully saturated rings. The van der Waals surface area contributed by atoms with Gasteiger partial charge in [0, 0.05) is 18.0 Å². The molecular formula is C18H23N3O2. The number of nitrogens with two attached hydrogens (primary N) is 1. The highest BCUT2D eigenvalue weighted by Gasteiger charge is 2.37. The number of hydrogen-bond acceptors (Lipinski definition) is 4. The molecule has 0 unspecified atom stereocenters. The molecule has 0 spiro atoms. The maximum absolute atomic E-state index is 12.0. The Balaban J connectivity index is 1.85. The van der Waals surface area contributed by atoms with E-state index in [4.69, 9.17) is 10.5 Å². The predicted octanol–water partition coefficient (Wildman–Crippen LogP) is 3.09. The van der Waals surface area contributed by atoms with Crippen LogP contribution in [0.2, 0.25) is 0 Å². The van der Waals surface area contributed by atoms with Crippen molar-refractivity contribution in [1.82, 2.24) is 4.98 Å². The molecule has 1 aromatic heterocycles. The fraction of sp³-hybridized carbons (Fsp3) is 0.444. The highest BCUT2D eigenvalue weighted by molar-refractivity contribution is 5.87. The summed E-state index contributed by atoms with van der Waals surface area (Å²) >= 11 is 0. The van der Waals surface area contributed by atoms with Gasteiger partial charge in [-0.25, -0.2) is 4.98 Å². The number of hydrogen-bond donors (Lipinski definition) is 2. The van der Waals surface area contributed by atoms with Crippen LogP contribution in [0.25, 0.3) is 10.9 Å². The summed E-state index contributed by atoms with van der Waals surface area (Å²) in [7, 11) is 1.65. The largest absolute Gasteiger partial charge is 0.496 e. The Morgan fingerprint density at radius 1 is 1.30 bits per heavy atom. The summed E-state index contributed by atoms with van der Waals surface area (Å²) in [4.78, 5) is 16.6. The van der Waals surface area contributed by atoms with Crippen molar-refractivity contribution in [3.05, 3.63) is 30.3 Å². The van der Waals surface area contributed by atoms with Crippen LogP contribution in [0, 0.1) is 5.41 Å². The molecule has 122 valence electrons. The van der Waals surface area contributed by atoms with Gasteiger partial charge < -0.3 is 15.8 Å². The van der Waals surface area contributed by atoms with Crippen LogP contribution >= 0.6 is 0 Å². The lowest BCUT2D eigenvalue weighted by molar-refractivity contribution is -0.128. The number of anilines is 1. The lowest BCUT2D eigenvalue weighted by atomic mass is 9.73. The number of para-hydroxylation sites is 1. The van der Waals surface area contributed by atoms with E-state index in [0.717, 1.165) is 42.3 Å². The van der Waals surface area contributed by atoms with Crippen molar-refractivity contribution < 1.29 is 9.53 Å². The number of pyridine rings is 1. The van der Waals surface area contributed by atoms with Gasteiger partial charge in [0.25, 0.3) is 0 Å². The van der Waals surface area contributed by atoms with E-state index in [0.29, 0.717) is 12.4 Å². The van der Waals surface area contributed by atoms with E-state index in [-0.39, 0.29) is 5.91 Å². The van der Waals surface area contributed by atoms with Crippen molar-refractivity contribution in [3.63, 3.8) is 0 Å². The van der Waals surface area contributed by atoms with Crippen molar-refractivity contribution >= 4 is 22.6 Å². The van der Waals surface area contributed by atoms with E-state index >= 15 is 0 Å². The van der Waals surface area contributed by atoms with Crippen LogP contribution in [-0.4, -0.2) is 24.5 Å². The van der Waals surface area contributed by atoms with Crippen LogP contribution in [0.4, 0.5) is 5.82 Å². The molecule has 1 amide bonds. The van der Waals surface area contributed by atoms with Crippen LogP contribution < -0.4 is 15.8 Å². The number of rotatable bonds is 5. The second-order valence-corrected chi connectivity index (χ2v) is 6.29. The number of nitrogens with one attached hydrogen (secondary N) is 1. The van der Waals surface area contributed by atoms with Gasteiger partial charge in [-0.2, -0.15) is 0 Å². The first-order valence-corrected chi connectivity index (χ1v) is 8.12. The first-order valence-electron chi connectivity index (χ1n) is 8.12. The molecule has 5 nitrogen and oxygen atoms in total. The first-order chi connectivity index (χ1) is 11.1. The van der Waals surface area contributed by atoms with E-state index in [1.54, 1.807) is 7.11 Å². The standard InChI is InChI=1S/C18H23N3O2/c1-23-15-11-16(21-14-8-4-3-7-13(14)15)20-12-18(17(19)22)9-5-2-6-10-18/h3-4,7-8,11H,2,5-6,9-10,12H2,1H3,(H2,19,22)(H,20,21). The topological polar surface area (TPSA) is 77.2 Å². The number of ether oxygens (including phenoxy) is 1. The number of methoxy groups -OCH3 is 1. The average molecular weight is 313 g/mol. The molecule has 3 N–H and O–H groups in total. The SMILES string of the molecule is COc1cc(NCC2(C(N)=O)CCCCC2)nc2ccccc12. The van der Waals surface area contributed by atoms with Crippen LogP contribution in [0.1, 0.15) is 32.1 Å². The predicted molar refractivity (Wildman–Crippen MR) is 91.5 cm³/mol. The second kappa shape index (κ2) is 6.44. The van der Waals surface area contributed by atoms with Gasteiger partial charge in [0.05, 0.1) is 18.0 Å². The van der Waals surface area contributed by atoms with Crippen molar-refractivity contribution in [1.29, 1.82) is 0 Å². The Kier molecular flexibility index (Phi) is 4.37. The molecule has 2 aromatic rings. The summed E-state index contributed by atoms with van der Waals surface area (Å²) < 4.78 is 5.46. The number of nitrogens with zero attached hydrogens (tertiary/aromatic N) is 1. The monoisotopic (exact) mass is 313 g/mol. The van der Waals surface area contributed by atoms with Crippen molar-refractivity contribution in [2.75, 3.05) is 19.0 Å². The Labute approximate surface area is 136 Å². The Hall–Kier alpha value is -2.30. The van der Waals surface area contributed by atoms with Gasteiger partial charge in [-0.15, -0.1) is 0 Å². The molecule has 5 heteroatoms. The number of aromatic nitrogens is 1. The number of amides is 1. The summed E-state index contributed by atoms with van der Waals surface area (Å²) in [5.74, 6) is 1.28. The van der Waals surface area contributed by atoms with Gasteiger partial charge in [-0.3, -0.25) is 4.79 Å². The highest BCUT2D eigenvalue weighted by atomic mass is 16.5. The highest BCUT2D eigenvalue weighted by Crippen LogP contribution is 2.36. The van der Waals surface area contributed by atoms with Gasteiger partial charge in [0.2, 0.25) is 5.91 Å². The Morgan fingerprint density at radius 2 is 2.04 bits per heavy atom. The third-order valence-electron chi connectivity index (χ3n) is 4.84. The average Bonchev–Trinajstić information content (AvgIpc) is 2.60. The molecule has 0 atom stereocenters. The fourth-order valence-corrected chi connectivity index (χ4v) is 3.40. The second-order valence-electron chi connectivity index (χ2n) is 6.29. The van der Waals surface area contributed by atoms with E-state index in [1.165, 1.54) is 6.42 Å². The molecule has 0 saturated heterocycles. The van der Waals surface area contributed by atoms with Crippen LogP contribution in [0.5, 0.6) is 5.75 Å². The molecule has 1 aliphatic rings. The third kappa shape index (κ3) is 3.09. The van der Waals surface area contributed by atoms with Gasteiger partial charge in [-0.05, 0) is 25.0 Å². The molecule has 3 rings (SSSR count). The van der Waals surface area contributed by atoms with E-state index < -0.39 is 5.41 Å². The number of carbonyl (C=O) groups is 1. The minimum Gasteiger partial charge on any atom is -0.496 e. The minimum atomic E-state index is -0.460. The van der Waals surface area contributed by atoms with Gasteiger partial charge in [0.1, 0.15) is 11.6 Å². The smallest absolute Gasteiger partial charge is 0.225 e. The lowest BCUT2D eigenvalue weighted by Crippen LogP contribution is -2.44. The minimum absolute atomic E-state index is 0.211. The first kappa shape index (κ1) is 15.6. The quantitative estimate of drug-likeness (QED) is 0.889. The van der Waals surface area contributed by atoms with E-state index in [1.807, 2.05) is 30.3 Å². The molecule has 1 aliphatic carbocycles. The Morgan fingerprint density at radius 3 is 2.74 bits per heavy atom. The summed E-state index contributed by atoms with van der Waals surface area (Å²) in [5, 5.41) is 4.29. The summed E-state index contributed by atoms with van der Waals surface area (Å²) in [6, 6.07) is 9.72. The zero-order valence-electron chi connectivity index (χ0n) is 13.5. The van der Waals surface area contributed by atoms with Crippen molar-refractivity contribution in [2.45, 2.75) is 32.1 Å². The molecule has 0 bridgehead atoms. The molecule has 1 heterocycles. The number of primary amides is 1. The molecular weight excluding hydrogens is 290 g/mol. The van der Waals surface area contributed by atoms with Crippen LogP contribution in [0.15, 0.2) is 30.3 Å². The molecule has 0 radical (unpaired) electrons. The molecule has 1 aromatic carbocycles. The van der Waals surface area contributed by atoms with Crippen molar-refractivity contribution in [2.24, 2.45) is 11.1 Å². The van der Waals surface area contributed by atoms with Crippen molar-refractivity contribution in [3.8, 4) is 5.75 Å². The summed E-state index contributed by atoms with van der Waals surface area (Å²) in [6.07, 6.45) is 4.98. The molecule has 1 saturated carbocycles. The van der Waals surface area contributed by atoms with Gasteiger partial charge in [0.15, 0.2) is 0 Å². The zero-order chi connectivity index (χ0) is 16.3. The molecule has 0 aliphatic heterocycles. The number of carbonyl (C=O) groups excluding carboxylic acids is 1. The lowest BCUT2D eigenvalue weighted by Gasteiger charge is -2.34. The zero-order valence-corrected chi connectivity index (χ0v) is 13.5. The van der Waals surface area contributed by atoms with Gasteiger partial charge in [-0.1, -0.05) is 31.4 Å². The maximum atomic E-state index is 12.0. The summed E-state index contributed by atoms with van der Waals surface area (Å²) in [6.45, 7) is 0.525. The van der Waals surface area contributed by atoms with E-state index in [9.17, 15) is 4.79 Å². The summed E-state index contributed by atoms with van der Waals surface area (Å²) in [5.41, 5.74) is 6.10. The van der Waals surface area contributed by atoms with E-state index in [2.05, 4.69) is 10.3 Å². The van der Waals surface area contributed by atoms with Crippen LogP contribution in [-0.2, 0) is 4.79 Å². The fourth-order valence-electron chi connectivity index (χ4n) is 3.40.